The van der Waals surface area contributed by atoms with Crippen LogP contribution in [0.25, 0.3) is 10.4 Å². The summed E-state index contributed by atoms with van der Waals surface area (Å²) in [5.74, 6) is 1.02. The minimum Gasteiger partial charge on any atom is -0.179 e. The van der Waals surface area contributed by atoms with Crippen LogP contribution >= 0.6 is 12.6 Å². The number of rotatable bonds is 10. The standard InChI is InChI=1S/C10H21N3S/c11-13-12-9-7-5-3-1-2-4-6-8-10-14/h14H,1-10H2. The molecule has 0 spiro atoms. The van der Waals surface area contributed by atoms with Gasteiger partial charge in [-0.2, -0.15) is 12.6 Å². The Labute approximate surface area is 92.3 Å². The molecule has 0 N–H and O–H groups in total. The van der Waals surface area contributed by atoms with Gasteiger partial charge < -0.3 is 0 Å². The second-order valence-electron chi connectivity index (χ2n) is 3.51. The van der Waals surface area contributed by atoms with Gasteiger partial charge in [0.25, 0.3) is 0 Å². The molecule has 0 aliphatic carbocycles. The maximum Gasteiger partial charge on any atom is 0.0257 e. The van der Waals surface area contributed by atoms with Crippen molar-refractivity contribution in [3.8, 4) is 0 Å². The predicted octanol–water partition coefficient (Wildman–Crippen LogP) is 4.35. The number of azide groups is 1. The van der Waals surface area contributed by atoms with E-state index in [0.717, 1.165) is 12.2 Å². The molecule has 0 fully saturated rings. The summed E-state index contributed by atoms with van der Waals surface area (Å²) >= 11 is 4.17. The largest absolute Gasteiger partial charge is 0.179 e. The van der Waals surface area contributed by atoms with E-state index in [4.69, 9.17) is 5.53 Å². The van der Waals surface area contributed by atoms with E-state index in [0.29, 0.717) is 6.54 Å². The Hall–Kier alpha value is -0.340. The molecule has 0 aliphatic rings. The summed E-state index contributed by atoms with van der Waals surface area (Å²) in [6, 6.07) is 0. The van der Waals surface area contributed by atoms with Crippen LogP contribution in [0, 0.1) is 0 Å². The SMILES string of the molecule is [N-]=[N+]=NCCCCCCCCCCS. The van der Waals surface area contributed by atoms with Crippen LogP contribution in [0.4, 0.5) is 0 Å². The summed E-state index contributed by atoms with van der Waals surface area (Å²) in [4.78, 5) is 2.72. The second kappa shape index (κ2) is 12.7. The lowest BCUT2D eigenvalue weighted by atomic mass is 10.1. The minimum absolute atomic E-state index is 0.663. The highest BCUT2D eigenvalue weighted by Gasteiger charge is 1.91. The molecule has 0 amide bonds. The van der Waals surface area contributed by atoms with Crippen LogP contribution in [0.15, 0.2) is 5.11 Å². The van der Waals surface area contributed by atoms with E-state index >= 15 is 0 Å². The zero-order chi connectivity index (χ0) is 10.5. The third-order valence-electron chi connectivity index (χ3n) is 2.23. The van der Waals surface area contributed by atoms with Gasteiger partial charge in [0, 0.05) is 11.5 Å². The lowest BCUT2D eigenvalue weighted by molar-refractivity contribution is 0.579. The van der Waals surface area contributed by atoms with Crippen molar-refractivity contribution in [1.82, 2.24) is 0 Å². The lowest BCUT2D eigenvalue weighted by Crippen LogP contribution is -1.83. The van der Waals surface area contributed by atoms with Gasteiger partial charge in [-0.05, 0) is 24.1 Å². The first-order chi connectivity index (χ1) is 6.91. The van der Waals surface area contributed by atoms with Crippen LogP contribution in [0.2, 0.25) is 0 Å². The summed E-state index contributed by atoms with van der Waals surface area (Å²) in [6.45, 7) is 0.663. The number of thiol groups is 1. The summed E-state index contributed by atoms with van der Waals surface area (Å²) in [5, 5.41) is 3.50. The quantitative estimate of drug-likeness (QED) is 0.185. The predicted molar refractivity (Wildman–Crippen MR) is 64.8 cm³/mol. The third-order valence-corrected chi connectivity index (χ3v) is 2.55. The highest BCUT2D eigenvalue weighted by molar-refractivity contribution is 7.80. The first kappa shape index (κ1) is 13.7. The average Bonchev–Trinajstić information content (AvgIpc) is 2.21. The zero-order valence-corrected chi connectivity index (χ0v) is 9.75. The van der Waals surface area contributed by atoms with E-state index in [1.165, 1.54) is 44.9 Å². The first-order valence-corrected chi connectivity index (χ1v) is 6.16. The molecule has 0 aliphatic heterocycles. The molecule has 0 radical (unpaired) electrons. The van der Waals surface area contributed by atoms with Crippen LogP contribution in [-0.4, -0.2) is 12.3 Å². The molecule has 4 heteroatoms. The monoisotopic (exact) mass is 215 g/mol. The molecule has 14 heavy (non-hydrogen) atoms. The average molecular weight is 215 g/mol. The van der Waals surface area contributed by atoms with Crippen molar-refractivity contribution in [2.24, 2.45) is 5.11 Å². The van der Waals surface area contributed by atoms with Crippen LogP contribution in [0.3, 0.4) is 0 Å². The van der Waals surface area contributed by atoms with E-state index in [-0.39, 0.29) is 0 Å². The van der Waals surface area contributed by atoms with Crippen molar-refractivity contribution < 1.29 is 0 Å². The molecule has 0 rings (SSSR count). The lowest BCUT2D eigenvalue weighted by Gasteiger charge is -1.99. The van der Waals surface area contributed by atoms with Crippen LogP contribution in [-0.2, 0) is 0 Å². The molecule has 0 atom stereocenters. The van der Waals surface area contributed by atoms with Gasteiger partial charge in [0.15, 0.2) is 0 Å². The van der Waals surface area contributed by atoms with Gasteiger partial charge in [0.2, 0.25) is 0 Å². The van der Waals surface area contributed by atoms with E-state index in [1.54, 1.807) is 0 Å². The van der Waals surface area contributed by atoms with Gasteiger partial charge in [-0.3, -0.25) is 0 Å². The highest BCUT2D eigenvalue weighted by atomic mass is 32.1. The van der Waals surface area contributed by atoms with Crippen LogP contribution in [0.5, 0.6) is 0 Å². The number of nitrogens with zero attached hydrogens (tertiary/aromatic N) is 3. The minimum atomic E-state index is 0.663. The normalized spacial score (nSPS) is 9.79. The Balaban J connectivity index is 2.88. The van der Waals surface area contributed by atoms with Crippen molar-refractivity contribution >= 4 is 12.6 Å². The van der Waals surface area contributed by atoms with Crippen molar-refractivity contribution in [3.63, 3.8) is 0 Å². The Kier molecular flexibility index (Phi) is 12.4. The van der Waals surface area contributed by atoms with Gasteiger partial charge >= 0.3 is 0 Å². The fourth-order valence-corrected chi connectivity index (χ4v) is 1.62. The van der Waals surface area contributed by atoms with E-state index in [9.17, 15) is 0 Å². The topological polar surface area (TPSA) is 48.8 Å². The van der Waals surface area contributed by atoms with Crippen molar-refractivity contribution in [2.45, 2.75) is 51.4 Å². The third kappa shape index (κ3) is 11.7. The van der Waals surface area contributed by atoms with Crippen molar-refractivity contribution in [3.05, 3.63) is 10.4 Å². The Bertz CT molecular complexity index is 155. The summed E-state index contributed by atoms with van der Waals surface area (Å²) in [6.07, 6.45) is 10.1. The first-order valence-electron chi connectivity index (χ1n) is 5.53. The van der Waals surface area contributed by atoms with Crippen LogP contribution < -0.4 is 0 Å². The maximum absolute atomic E-state index is 8.04. The molecule has 3 nitrogen and oxygen atoms in total. The highest BCUT2D eigenvalue weighted by Crippen LogP contribution is 2.08. The molecule has 82 valence electrons. The maximum atomic E-state index is 8.04. The fraction of sp³-hybridized carbons (Fsp3) is 1.00. The molecule has 0 bridgehead atoms. The molecule has 0 unspecified atom stereocenters. The van der Waals surface area contributed by atoms with Gasteiger partial charge in [-0.15, -0.1) is 0 Å². The molecule has 0 saturated heterocycles. The summed E-state index contributed by atoms with van der Waals surface area (Å²) < 4.78 is 0. The van der Waals surface area contributed by atoms with E-state index < -0.39 is 0 Å². The molecular weight excluding hydrogens is 194 g/mol. The van der Waals surface area contributed by atoms with E-state index in [1.807, 2.05) is 0 Å². The van der Waals surface area contributed by atoms with Crippen molar-refractivity contribution in [1.29, 1.82) is 0 Å². The Morgan fingerprint density at radius 1 is 0.857 bits per heavy atom. The molecular formula is C10H21N3S. The van der Waals surface area contributed by atoms with E-state index in [2.05, 4.69) is 22.7 Å². The molecule has 0 aromatic rings. The summed E-state index contributed by atoms with van der Waals surface area (Å²) in [7, 11) is 0. The summed E-state index contributed by atoms with van der Waals surface area (Å²) in [5.41, 5.74) is 8.04. The number of unbranched alkanes of at least 4 members (excludes halogenated alkanes) is 7. The molecule has 0 aromatic carbocycles. The Morgan fingerprint density at radius 2 is 1.36 bits per heavy atom. The Morgan fingerprint density at radius 3 is 1.86 bits per heavy atom. The smallest absolute Gasteiger partial charge is 0.0257 e. The zero-order valence-electron chi connectivity index (χ0n) is 8.86. The van der Waals surface area contributed by atoms with Gasteiger partial charge in [0.1, 0.15) is 0 Å². The molecule has 0 heterocycles. The van der Waals surface area contributed by atoms with Gasteiger partial charge in [-0.1, -0.05) is 43.6 Å². The van der Waals surface area contributed by atoms with Crippen LogP contribution in [0.1, 0.15) is 51.4 Å². The number of hydrogen-bond acceptors (Lipinski definition) is 2. The molecule has 0 aromatic heterocycles. The van der Waals surface area contributed by atoms with Gasteiger partial charge in [-0.25, -0.2) is 0 Å². The molecule has 0 saturated carbocycles. The fourth-order valence-electron chi connectivity index (χ4n) is 1.40. The second-order valence-corrected chi connectivity index (χ2v) is 3.95. The van der Waals surface area contributed by atoms with Crippen molar-refractivity contribution in [2.75, 3.05) is 12.3 Å². The number of hydrogen-bond donors (Lipinski definition) is 1. The van der Waals surface area contributed by atoms with Gasteiger partial charge in [0.05, 0.1) is 0 Å².